The third-order valence-electron chi connectivity index (χ3n) is 7.27. The number of likely N-dealkylation sites (tertiary alicyclic amines) is 1. The van der Waals surface area contributed by atoms with Crippen molar-refractivity contribution in [2.75, 3.05) is 25.5 Å². The molecule has 1 saturated heterocycles. The zero-order valence-corrected chi connectivity index (χ0v) is 23.9. The van der Waals surface area contributed by atoms with Gasteiger partial charge in [0.2, 0.25) is 0 Å². The van der Waals surface area contributed by atoms with E-state index in [-0.39, 0.29) is 24.8 Å². The van der Waals surface area contributed by atoms with Crippen LogP contribution < -0.4 is 14.8 Å². The Bertz CT molecular complexity index is 1740. The maximum atomic E-state index is 15.1. The summed E-state index contributed by atoms with van der Waals surface area (Å²) in [7, 11) is 1.69. The standard InChI is InChI=1S/C30H32F2N8O2/c1-18(2)41-24-8-7-23-27(28(24)42-25-9-10-39(4)14-30(25,31)32)29(35-15-33-23)38-21-6-5-20(19(3)11-21)12-22-13-26-34-16-37-40(26)17-36-22/h5-8,11,13,15-18,25H,9-10,12,14H2,1-4H3,(H,33,35,38)/t25-/m0/s1. The summed E-state index contributed by atoms with van der Waals surface area (Å²) in [4.78, 5) is 19.2. The van der Waals surface area contributed by atoms with E-state index >= 15 is 8.78 Å². The van der Waals surface area contributed by atoms with E-state index in [1.54, 1.807) is 34.9 Å². The molecule has 0 amide bonds. The number of hydrogen-bond donors (Lipinski definition) is 1. The van der Waals surface area contributed by atoms with Gasteiger partial charge in [-0.3, -0.25) is 0 Å². The minimum atomic E-state index is -3.03. The molecule has 0 spiro atoms. The van der Waals surface area contributed by atoms with Gasteiger partial charge in [-0.1, -0.05) is 6.07 Å². The Morgan fingerprint density at radius 2 is 1.93 bits per heavy atom. The second-order valence-corrected chi connectivity index (χ2v) is 11.0. The van der Waals surface area contributed by atoms with Crippen LogP contribution in [0, 0.1) is 6.92 Å². The molecule has 2 aromatic carbocycles. The molecule has 10 nitrogen and oxygen atoms in total. The lowest BCUT2D eigenvalue weighted by Crippen LogP contribution is -2.52. The number of rotatable bonds is 8. The molecule has 218 valence electrons. The van der Waals surface area contributed by atoms with Crippen LogP contribution in [0.3, 0.4) is 0 Å². The third-order valence-corrected chi connectivity index (χ3v) is 7.27. The Hall–Kier alpha value is -4.45. The number of anilines is 2. The molecule has 4 heterocycles. The number of nitrogens with zero attached hydrogens (tertiary/aromatic N) is 7. The first-order valence-corrected chi connectivity index (χ1v) is 13.8. The molecule has 0 unspecified atom stereocenters. The number of benzene rings is 2. The average molecular weight is 575 g/mol. The van der Waals surface area contributed by atoms with Crippen molar-refractivity contribution in [2.45, 2.75) is 51.7 Å². The number of nitrogens with one attached hydrogen (secondary N) is 1. The van der Waals surface area contributed by atoms with Crippen molar-refractivity contribution in [3.8, 4) is 11.5 Å². The van der Waals surface area contributed by atoms with E-state index in [9.17, 15) is 0 Å². The molecule has 6 rings (SSSR count). The molecule has 1 aliphatic rings. The predicted molar refractivity (Wildman–Crippen MR) is 155 cm³/mol. The van der Waals surface area contributed by atoms with E-state index in [0.717, 1.165) is 28.2 Å². The van der Waals surface area contributed by atoms with Crippen LogP contribution >= 0.6 is 0 Å². The highest BCUT2D eigenvalue weighted by atomic mass is 19.3. The molecular weight excluding hydrogens is 542 g/mol. The van der Waals surface area contributed by atoms with Gasteiger partial charge in [-0.05, 0) is 63.2 Å². The van der Waals surface area contributed by atoms with E-state index in [2.05, 4.69) is 30.4 Å². The molecule has 12 heteroatoms. The van der Waals surface area contributed by atoms with Crippen molar-refractivity contribution in [3.05, 3.63) is 72.2 Å². The topological polar surface area (TPSA) is 103 Å². The minimum absolute atomic E-state index is 0.178. The number of halogens is 2. The molecule has 5 aromatic rings. The molecule has 0 aliphatic carbocycles. The molecule has 1 N–H and O–H groups in total. The summed E-state index contributed by atoms with van der Waals surface area (Å²) in [5.74, 6) is -2.02. The van der Waals surface area contributed by atoms with Crippen LogP contribution in [-0.4, -0.2) is 72.7 Å². The van der Waals surface area contributed by atoms with Crippen molar-refractivity contribution in [2.24, 2.45) is 0 Å². The minimum Gasteiger partial charge on any atom is -0.487 e. The normalized spacial score (nSPS) is 17.2. The van der Waals surface area contributed by atoms with E-state index < -0.39 is 12.0 Å². The fourth-order valence-electron chi connectivity index (χ4n) is 5.21. The van der Waals surface area contributed by atoms with Crippen LogP contribution in [0.15, 0.2) is 55.4 Å². The van der Waals surface area contributed by atoms with E-state index in [0.29, 0.717) is 35.4 Å². The maximum Gasteiger partial charge on any atom is 0.296 e. The van der Waals surface area contributed by atoms with Gasteiger partial charge in [-0.15, -0.1) is 0 Å². The van der Waals surface area contributed by atoms with Crippen LogP contribution in [0.25, 0.3) is 16.6 Å². The number of piperidine rings is 1. The predicted octanol–water partition coefficient (Wildman–Crippen LogP) is 5.22. The second-order valence-electron chi connectivity index (χ2n) is 11.0. The first-order chi connectivity index (χ1) is 20.2. The zero-order valence-electron chi connectivity index (χ0n) is 23.9. The second kappa shape index (κ2) is 11.1. The first-order valence-electron chi connectivity index (χ1n) is 13.8. The number of ether oxygens (including phenoxy) is 2. The molecule has 1 atom stereocenters. The summed E-state index contributed by atoms with van der Waals surface area (Å²) in [6, 6.07) is 11.4. The van der Waals surface area contributed by atoms with Crippen LogP contribution in [0.5, 0.6) is 11.5 Å². The van der Waals surface area contributed by atoms with Gasteiger partial charge in [0.1, 0.15) is 24.8 Å². The van der Waals surface area contributed by atoms with Gasteiger partial charge in [0.05, 0.1) is 29.2 Å². The van der Waals surface area contributed by atoms with Crippen molar-refractivity contribution >= 4 is 28.1 Å². The number of hydrogen-bond acceptors (Lipinski definition) is 9. The molecule has 0 radical (unpaired) electrons. The fourth-order valence-corrected chi connectivity index (χ4v) is 5.21. The smallest absolute Gasteiger partial charge is 0.296 e. The SMILES string of the molecule is Cc1cc(Nc2ncnc3ccc(OC(C)C)c(O[C@H]4CCN(C)CC4(F)F)c23)ccc1Cc1cc2ncnn2cn1. The summed E-state index contributed by atoms with van der Waals surface area (Å²) in [6.45, 7) is 5.91. The number of aromatic nitrogens is 6. The molecule has 0 saturated carbocycles. The van der Waals surface area contributed by atoms with Crippen molar-refractivity contribution in [1.82, 2.24) is 34.4 Å². The maximum absolute atomic E-state index is 15.1. The van der Waals surface area contributed by atoms with Crippen molar-refractivity contribution in [3.63, 3.8) is 0 Å². The molecule has 1 aliphatic heterocycles. The Morgan fingerprint density at radius 3 is 2.71 bits per heavy atom. The van der Waals surface area contributed by atoms with Crippen LogP contribution in [-0.2, 0) is 6.42 Å². The fraction of sp³-hybridized carbons (Fsp3) is 0.367. The molecule has 1 fully saturated rings. The van der Waals surface area contributed by atoms with Gasteiger partial charge >= 0.3 is 0 Å². The molecule has 0 bridgehead atoms. The highest BCUT2D eigenvalue weighted by Gasteiger charge is 2.46. The van der Waals surface area contributed by atoms with Gasteiger partial charge in [0.25, 0.3) is 5.92 Å². The zero-order chi connectivity index (χ0) is 29.4. The largest absolute Gasteiger partial charge is 0.487 e. The molecular formula is C30H32F2N8O2. The van der Waals surface area contributed by atoms with Gasteiger partial charge in [0.15, 0.2) is 23.3 Å². The average Bonchev–Trinajstić information content (AvgIpc) is 3.40. The Labute approximate surface area is 241 Å². The van der Waals surface area contributed by atoms with Crippen molar-refractivity contribution < 1.29 is 18.3 Å². The van der Waals surface area contributed by atoms with E-state index in [1.807, 2.05) is 45.0 Å². The third kappa shape index (κ3) is 5.67. The monoisotopic (exact) mass is 574 g/mol. The number of alkyl halides is 2. The van der Waals surface area contributed by atoms with Gasteiger partial charge < -0.3 is 19.7 Å². The summed E-state index contributed by atoms with van der Waals surface area (Å²) in [5, 5.41) is 7.94. The lowest BCUT2D eigenvalue weighted by molar-refractivity contribution is -0.135. The Balaban J connectivity index is 1.33. The summed E-state index contributed by atoms with van der Waals surface area (Å²) >= 11 is 0. The lowest BCUT2D eigenvalue weighted by Gasteiger charge is -2.36. The van der Waals surface area contributed by atoms with Gasteiger partial charge in [-0.25, -0.2) is 33.2 Å². The lowest BCUT2D eigenvalue weighted by atomic mass is 10.0. The number of aryl methyl sites for hydroxylation is 1. The molecule has 3 aromatic heterocycles. The number of fused-ring (bicyclic) bond motifs is 2. The highest BCUT2D eigenvalue weighted by molar-refractivity contribution is 5.97. The quantitative estimate of drug-likeness (QED) is 0.267. The Kier molecular flexibility index (Phi) is 7.31. The van der Waals surface area contributed by atoms with Crippen molar-refractivity contribution in [1.29, 1.82) is 0 Å². The van der Waals surface area contributed by atoms with Gasteiger partial charge in [-0.2, -0.15) is 5.10 Å². The highest BCUT2D eigenvalue weighted by Crippen LogP contribution is 2.42. The summed E-state index contributed by atoms with van der Waals surface area (Å²) in [6.07, 6.45) is 3.89. The van der Waals surface area contributed by atoms with Crippen LogP contribution in [0.2, 0.25) is 0 Å². The van der Waals surface area contributed by atoms with Crippen LogP contribution in [0.4, 0.5) is 20.3 Å². The van der Waals surface area contributed by atoms with E-state index in [4.69, 9.17) is 9.47 Å². The first kappa shape index (κ1) is 27.7. The summed E-state index contributed by atoms with van der Waals surface area (Å²) < 4.78 is 43.9. The Morgan fingerprint density at radius 1 is 1.07 bits per heavy atom. The van der Waals surface area contributed by atoms with Crippen LogP contribution in [0.1, 0.15) is 37.1 Å². The van der Waals surface area contributed by atoms with E-state index in [1.165, 1.54) is 12.7 Å². The summed E-state index contributed by atoms with van der Waals surface area (Å²) in [5.41, 5.74) is 5.11. The van der Waals surface area contributed by atoms with Gasteiger partial charge in [0, 0.05) is 31.1 Å². The molecule has 42 heavy (non-hydrogen) atoms.